The number of fused-ring (bicyclic) bond motifs is 1. The van der Waals surface area contributed by atoms with E-state index in [2.05, 4.69) is 15.2 Å². The Hall–Kier alpha value is -5.17. The first-order valence-electron chi connectivity index (χ1n) is 20.6. The molecular weight excluding hydrogens is 725 g/mol. The number of ether oxygens (including phenoxy) is 2. The van der Waals surface area contributed by atoms with Gasteiger partial charge in [-0.25, -0.2) is 9.59 Å². The number of para-hydroxylation sites is 1. The van der Waals surface area contributed by atoms with E-state index in [0.29, 0.717) is 68.5 Å². The number of benzene rings is 2. The number of urea groups is 1. The van der Waals surface area contributed by atoms with Gasteiger partial charge in [-0.3, -0.25) is 19.5 Å². The number of carbonyl (C=O) groups excluding carboxylic acids is 4. The smallest absolute Gasteiger partial charge is 0.410 e. The van der Waals surface area contributed by atoms with Gasteiger partial charge in [0.25, 0.3) is 5.91 Å². The van der Waals surface area contributed by atoms with Gasteiger partial charge in [0.05, 0.1) is 6.54 Å². The molecular formula is C44H56N6O7. The number of aromatic hydroxyl groups is 1. The minimum absolute atomic E-state index is 0.00293. The number of phenolic OH excluding ortho intramolecular Hbond substituents is 1. The predicted molar refractivity (Wildman–Crippen MR) is 215 cm³/mol. The van der Waals surface area contributed by atoms with Crippen LogP contribution in [-0.4, -0.2) is 118 Å². The molecule has 13 nitrogen and oxygen atoms in total. The standard InChI is InChI=1S/C44H56N6O7/c1-30-25-33(26-31(2)41(30)52)27-39(57-44(55)49-22-14-37(15-23-49)50-24-13-36-5-3-4-6-38(36)46-43(50)54)42(53)48-20-11-35(12-21-48)34-9-18-47(19-10-34)28-40(51)56-29-32-7-16-45-17-8-32/h3-8,16-17,25-26,34-35,37,39,52H,9-15,18-24,27-29H2,1-2H3,(H,46,54)/t39-/m1/s1. The number of carbonyl (C=O) groups is 4. The van der Waals surface area contributed by atoms with Crippen molar-refractivity contribution in [2.45, 2.75) is 84.0 Å². The van der Waals surface area contributed by atoms with Gasteiger partial charge in [-0.1, -0.05) is 30.3 Å². The van der Waals surface area contributed by atoms with E-state index in [1.165, 1.54) is 0 Å². The normalized spacial score (nSPS) is 19.3. The summed E-state index contributed by atoms with van der Waals surface area (Å²) in [5.74, 6) is 0.822. The quantitative estimate of drug-likeness (QED) is 0.248. The summed E-state index contributed by atoms with van der Waals surface area (Å²) < 4.78 is 11.6. The second-order valence-corrected chi connectivity index (χ2v) is 16.2. The van der Waals surface area contributed by atoms with Crippen LogP contribution in [0.25, 0.3) is 0 Å². The van der Waals surface area contributed by atoms with Crippen molar-refractivity contribution in [2.75, 3.05) is 57.7 Å². The van der Waals surface area contributed by atoms with E-state index in [4.69, 9.17) is 9.47 Å². The van der Waals surface area contributed by atoms with Crippen molar-refractivity contribution in [3.8, 4) is 5.75 Å². The summed E-state index contributed by atoms with van der Waals surface area (Å²) in [5, 5.41) is 13.5. The molecule has 3 saturated heterocycles. The highest BCUT2D eigenvalue weighted by atomic mass is 16.6. The fourth-order valence-electron chi connectivity index (χ4n) is 9.10. The molecule has 1 aromatic heterocycles. The van der Waals surface area contributed by atoms with Crippen LogP contribution in [0.4, 0.5) is 15.3 Å². The maximum Gasteiger partial charge on any atom is 0.410 e. The average Bonchev–Trinajstić information content (AvgIpc) is 3.40. The van der Waals surface area contributed by atoms with Crippen molar-refractivity contribution in [3.05, 3.63) is 88.7 Å². The molecule has 0 saturated carbocycles. The number of amides is 4. The molecule has 13 heteroatoms. The third kappa shape index (κ3) is 10.0. The highest BCUT2D eigenvalue weighted by Crippen LogP contribution is 2.33. The summed E-state index contributed by atoms with van der Waals surface area (Å²) in [4.78, 5) is 65.2. The van der Waals surface area contributed by atoms with Crippen LogP contribution < -0.4 is 5.32 Å². The summed E-state index contributed by atoms with van der Waals surface area (Å²) in [7, 11) is 0. The molecule has 0 spiro atoms. The SMILES string of the molecule is Cc1cc(C[C@@H](OC(=O)N2CCC(N3CCc4ccccc4NC3=O)CC2)C(=O)N2CCC(C3CCN(CC(=O)OCc4ccncc4)CC3)CC2)cc(C)c1O. The number of nitrogens with one attached hydrogen (secondary N) is 1. The Morgan fingerprint density at radius 1 is 0.825 bits per heavy atom. The molecule has 2 N–H and O–H groups in total. The fraction of sp³-hybridized carbons (Fsp3) is 0.523. The van der Waals surface area contributed by atoms with Crippen LogP contribution in [0.15, 0.2) is 60.9 Å². The lowest BCUT2D eigenvalue weighted by Gasteiger charge is -2.41. The van der Waals surface area contributed by atoms with Gasteiger partial charge in [0.2, 0.25) is 0 Å². The molecule has 0 unspecified atom stereocenters. The van der Waals surface area contributed by atoms with Crippen molar-refractivity contribution in [1.82, 2.24) is 24.6 Å². The lowest BCUT2D eigenvalue weighted by molar-refractivity contribution is -0.146. The summed E-state index contributed by atoms with van der Waals surface area (Å²) in [6.07, 6.45) is 7.83. The number of hydrogen-bond donors (Lipinski definition) is 2. The summed E-state index contributed by atoms with van der Waals surface area (Å²) in [6.45, 7) is 8.53. The average molecular weight is 781 g/mol. The van der Waals surface area contributed by atoms with Gasteiger partial charge in [-0.15, -0.1) is 0 Å². The molecule has 4 amide bonds. The number of phenols is 1. The number of hydrogen-bond acceptors (Lipinski definition) is 9. The van der Waals surface area contributed by atoms with Crippen LogP contribution in [0.5, 0.6) is 5.75 Å². The first kappa shape index (κ1) is 40.0. The number of aryl methyl sites for hydroxylation is 2. The Labute approximate surface area is 335 Å². The Morgan fingerprint density at radius 3 is 2.14 bits per heavy atom. The topological polar surface area (TPSA) is 145 Å². The van der Waals surface area contributed by atoms with Gasteiger partial charge in [-0.05, 0) is 130 Å². The zero-order valence-corrected chi connectivity index (χ0v) is 33.2. The van der Waals surface area contributed by atoms with Crippen LogP contribution in [0, 0.1) is 25.7 Å². The van der Waals surface area contributed by atoms with Gasteiger partial charge in [-0.2, -0.15) is 0 Å². The molecule has 3 fully saturated rings. The first-order valence-corrected chi connectivity index (χ1v) is 20.6. The fourth-order valence-corrected chi connectivity index (χ4v) is 9.10. The van der Waals surface area contributed by atoms with E-state index in [1.807, 2.05) is 72.2 Å². The first-order chi connectivity index (χ1) is 27.6. The highest BCUT2D eigenvalue weighted by molar-refractivity contribution is 5.91. The van der Waals surface area contributed by atoms with Gasteiger partial charge >= 0.3 is 18.1 Å². The van der Waals surface area contributed by atoms with Crippen LogP contribution >= 0.6 is 0 Å². The number of pyridine rings is 1. The minimum Gasteiger partial charge on any atom is -0.507 e. The number of likely N-dealkylation sites (tertiary alicyclic amines) is 3. The lowest BCUT2D eigenvalue weighted by atomic mass is 9.78. The maximum absolute atomic E-state index is 14.2. The third-order valence-electron chi connectivity index (χ3n) is 12.4. The van der Waals surface area contributed by atoms with E-state index in [1.54, 1.807) is 17.3 Å². The van der Waals surface area contributed by atoms with Crippen LogP contribution in [-0.2, 0) is 38.5 Å². The Kier molecular flexibility index (Phi) is 12.9. The summed E-state index contributed by atoms with van der Waals surface area (Å²) in [6, 6.07) is 15.1. The van der Waals surface area contributed by atoms with E-state index in [-0.39, 0.29) is 49.3 Å². The molecule has 3 aromatic rings. The largest absolute Gasteiger partial charge is 0.507 e. The van der Waals surface area contributed by atoms with Gasteiger partial charge in [0.1, 0.15) is 12.4 Å². The molecule has 0 aliphatic carbocycles. The Balaban J connectivity index is 0.910. The molecule has 4 aliphatic heterocycles. The minimum atomic E-state index is -1.01. The number of rotatable bonds is 10. The molecule has 57 heavy (non-hydrogen) atoms. The predicted octanol–water partition coefficient (Wildman–Crippen LogP) is 5.70. The number of anilines is 1. The van der Waals surface area contributed by atoms with Crippen molar-refractivity contribution >= 4 is 29.7 Å². The number of nitrogens with zero attached hydrogens (tertiary/aromatic N) is 5. The van der Waals surface area contributed by atoms with Gasteiger partial charge in [0, 0.05) is 63.3 Å². The Morgan fingerprint density at radius 2 is 1.46 bits per heavy atom. The zero-order chi connectivity index (χ0) is 39.9. The maximum atomic E-state index is 14.2. The van der Waals surface area contributed by atoms with Crippen molar-refractivity contribution < 1.29 is 33.8 Å². The molecule has 5 heterocycles. The molecule has 2 aromatic carbocycles. The van der Waals surface area contributed by atoms with Crippen molar-refractivity contribution in [1.29, 1.82) is 0 Å². The third-order valence-corrected chi connectivity index (χ3v) is 12.4. The highest BCUT2D eigenvalue weighted by Gasteiger charge is 2.37. The van der Waals surface area contributed by atoms with Crippen LogP contribution in [0.2, 0.25) is 0 Å². The second-order valence-electron chi connectivity index (χ2n) is 16.2. The number of aromatic nitrogens is 1. The lowest BCUT2D eigenvalue weighted by Crippen LogP contribution is -2.52. The van der Waals surface area contributed by atoms with Gasteiger partial charge in [0.15, 0.2) is 6.10 Å². The van der Waals surface area contributed by atoms with E-state index >= 15 is 0 Å². The number of piperidine rings is 3. The summed E-state index contributed by atoms with van der Waals surface area (Å²) >= 11 is 0. The van der Waals surface area contributed by atoms with Crippen molar-refractivity contribution in [2.24, 2.45) is 11.8 Å². The Bertz CT molecular complexity index is 1860. The molecule has 304 valence electrons. The van der Waals surface area contributed by atoms with E-state index < -0.39 is 12.2 Å². The number of esters is 1. The van der Waals surface area contributed by atoms with Gasteiger partial charge < -0.3 is 34.6 Å². The second kappa shape index (κ2) is 18.4. The molecule has 4 aliphatic rings. The molecule has 7 rings (SSSR count). The van der Waals surface area contributed by atoms with Crippen molar-refractivity contribution in [3.63, 3.8) is 0 Å². The molecule has 0 bridgehead atoms. The molecule has 0 radical (unpaired) electrons. The van der Waals surface area contributed by atoms with Crippen LogP contribution in [0.1, 0.15) is 66.3 Å². The summed E-state index contributed by atoms with van der Waals surface area (Å²) in [5.41, 5.74) is 5.12. The zero-order valence-electron chi connectivity index (χ0n) is 33.2. The molecule has 1 atom stereocenters. The monoisotopic (exact) mass is 780 g/mol. The van der Waals surface area contributed by atoms with Crippen LogP contribution in [0.3, 0.4) is 0 Å². The van der Waals surface area contributed by atoms with E-state index in [0.717, 1.165) is 67.6 Å². The van der Waals surface area contributed by atoms with E-state index in [9.17, 15) is 24.3 Å².